The van der Waals surface area contributed by atoms with E-state index in [0.29, 0.717) is 34.9 Å². The molecule has 1 aromatic carbocycles. The maximum absolute atomic E-state index is 13.8. The highest BCUT2D eigenvalue weighted by Crippen LogP contribution is 2.47. The minimum atomic E-state index is -0.404. The van der Waals surface area contributed by atoms with Crippen LogP contribution in [0.4, 0.5) is 21.0 Å². The van der Waals surface area contributed by atoms with Crippen molar-refractivity contribution in [2.45, 2.75) is 38.3 Å². The molecular formula is C23H25ClFN7O. The van der Waals surface area contributed by atoms with Gasteiger partial charge in [0.05, 0.1) is 29.3 Å². The van der Waals surface area contributed by atoms with Gasteiger partial charge in [-0.25, -0.2) is 19.2 Å². The Balaban J connectivity index is 1.39. The van der Waals surface area contributed by atoms with E-state index in [1.54, 1.807) is 46.1 Å². The van der Waals surface area contributed by atoms with Crippen molar-refractivity contribution in [2.24, 2.45) is 5.92 Å². The summed E-state index contributed by atoms with van der Waals surface area (Å²) >= 11 is 6.00. The van der Waals surface area contributed by atoms with Crippen LogP contribution in [0.3, 0.4) is 0 Å². The number of carbonyl (C=O) groups is 1. The van der Waals surface area contributed by atoms with Crippen LogP contribution in [-0.4, -0.2) is 50.1 Å². The molecule has 0 radical (unpaired) electrons. The summed E-state index contributed by atoms with van der Waals surface area (Å²) in [6.07, 6.45) is 6.90. The van der Waals surface area contributed by atoms with Crippen molar-refractivity contribution in [3.63, 3.8) is 0 Å². The first-order valence-corrected chi connectivity index (χ1v) is 11.3. The summed E-state index contributed by atoms with van der Waals surface area (Å²) in [5.41, 5.74) is 1.02. The van der Waals surface area contributed by atoms with E-state index >= 15 is 0 Å². The number of benzene rings is 1. The van der Waals surface area contributed by atoms with Crippen LogP contribution in [0.25, 0.3) is 5.69 Å². The van der Waals surface area contributed by atoms with Crippen molar-refractivity contribution in [2.75, 3.05) is 23.8 Å². The lowest BCUT2D eigenvalue weighted by Crippen LogP contribution is -2.38. The van der Waals surface area contributed by atoms with E-state index in [9.17, 15) is 9.18 Å². The zero-order chi connectivity index (χ0) is 23.3. The molecule has 10 heteroatoms. The molecule has 2 fully saturated rings. The average Bonchev–Trinajstić information content (AvgIpc) is 3.23. The van der Waals surface area contributed by atoms with E-state index in [1.165, 1.54) is 12.1 Å². The van der Waals surface area contributed by atoms with Crippen LogP contribution in [0, 0.1) is 11.7 Å². The molecule has 1 saturated carbocycles. The lowest BCUT2D eigenvalue weighted by atomic mass is 10.0. The minimum absolute atomic E-state index is 0.0499. The Morgan fingerprint density at radius 2 is 2.03 bits per heavy atom. The molecule has 2 aliphatic rings. The van der Waals surface area contributed by atoms with Gasteiger partial charge in [0.1, 0.15) is 11.6 Å². The number of halogens is 2. The number of nitrogens with zero attached hydrogens (tertiary/aromatic N) is 6. The van der Waals surface area contributed by atoms with Gasteiger partial charge >= 0.3 is 6.03 Å². The normalized spacial score (nSPS) is 19.5. The van der Waals surface area contributed by atoms with Crippen LogP contribution in [0.15, 0.2) is 43.0 Å². The van der Waals surface area contributed by atoms with E-state index in [2.05, 4.69) is 34.1 Å². The minimum Gasteiger partial charge on any atom is -0.343 e. The standard InChI is InChI=1S/C23H25ClFN7O/c1-14(2)18-11-30(3)22(33)32(18)20-4-7-26-21(28-20)29-23(5-6-23)19-12-31(13-27-19)17-9-15(24)8-16(25)10-17/h4,7-10,12-14,18H,5-6,11H2,1-3H3,(H,26,28,29)/t18-/m1/s1. The van der Waals surface area contributed by atoms with Crippen LogP contribution >= 0.6 is 11.6 Å². The molecule has 1 aliphatic carbocycles. The molecule has 1 aliphatic heterocycles. The Bertz CT molecular complexity index is 1190. The summed E-state index contributed by atoms with van der Waals surface area (Å²) < 4.78 is 15.5. The van der Waals surface area contributed by atoms with Gasteiger partial charge in [-0.05, 0) is 43.0 Å². The summed E-state index contributed by atoms with van der Waals surface area (Å²) in [6.45, 7) is 4.87. The van der Waals surface area contributed by atoms with E-state index < -0.39 is 11.4 Å². The van der Waals surface area contributed by atoms with Crippen LogP contribution in [0.1, 0.15) is 32.4 Å². The number of aromatic nitrogens is 4. The number of likely N-dealkylation sites (N-methyl/N-ethyl adjacent to an activating group) is 1. The third-order valence-electron chi connectivity index (χ3n) is 6.30. The summed E-state index contributed by atoms with van der Waals surface area (Å²) in [5, 5.41) is 3.74. The van der Waals surface area contributed by atoms with Crippen LogP contribution in [0.2, 0.25) is 5.02 Å². The fourth-order valence-corrected chi connectivity index (χ4v) is 4.49. The van der Waals surface area contributed by atoms with E-state index in [1.807, 2.05) is 6.20 Å². The Labute approximate surface area is 196 Å². The average molecular weight is 470 g/mol. The van der Waals surface area contributed by atoms with Crippen molar-refractivity contribution in [3.05, 3.63) is 59.5 Å². The summed E-state index contributed by atoms with van der Waals surface area (Å²) in [4.78, 5) is 29.8. The number of hydrogen-bond acceptors (Lipinski definition) is 5. The number of anilines is 2. The maximum Gasteiger partial charge on any atom is 0.325 e. The second-order valence-electron chi connectivity index (χ2n) is 9.08. The highest BCUT2D eigenvalue weighted by atomic mass is 35.5. The van der Waals surface area contributed by atoms with Gasteiger partial charge in [-0.1, -0.05) is 25.4 Å². The quantitative estimate of drug-likeness (QED) is 0.577. The predicted molar refractivity (Wildman–Crippen MR) is 124 cm³/mol. The van der Waals surface area contributed by atoms with Crippen molar-refractivity contribution in [1.29, 1.82) is 0 Å². The summed E-state index contributed by atoms with van der Waals surface area (Å²) in [6, 6.07) is 6.11. The second-order valence-corrected chi connectivity index (χ2v) is 9.52. The Morgan fingerprint density at radius 3 is 2.73 bits per heavy atom. The topological polar surface area (TPSA) is 79.2 Å². The maximum atomic E-state index is 13.8. The molecular weight excluding hydrogens is 445 g/mol. The lowest BCUT2D eigenvalue weighted by Gasteiger charge is -2.25. The third kappa shape index (κ3) is 4.01. The molecule has 2 amide bonds. The van der Waals surface area contributed by atoms with Gasteiger partial charge in [-0.3, -0.25) is 4.90 Å². The fraction of sp³-hybridized carbons (Fsp3) is 0.391. The third-order valence-corrected chi connectivity index (χ3v) is 6.52. The summed E-state index contributed by atoms with van der Waals surface area (Å²) in [7, 11) is 1.80. The predicted octanol–water partition coefficient (Wildman–Crippen LogP) is 4.45. The van der Waals surface area contributed by atoms with E-state index in [-0.39, 0.29) is 12.1 Å². The first-order valence-electron chi connectivity index (χ1n) is 10.9. The zero-order valence-electron chi connectivity index (χ0n) is 18.7. The van der Waals surface area contributed by atoms with E-state index in [4.69, 9.17) is 11.6 Å². The van der Waals surface area contributed by atoms with Crippen LogP contribution < -0.4 is 10.2 Å². The van der Waals surface area contributed by atoms with Gasteiger partial charge < -0.3 is 14.8 Å². The Kier molecular flexibility index (Phi) is 5.23. The van der Waals surface area contributed by atoms with Crippen molar-refractivity contribution in [3.8, 4) is 5.69 Å². The smallest absolute Gasteiger partial charge is 0.325 e. The van der Waals surface area contributed by atoms with Gasteiger partial charge in [0, 0.05) is 31.0 Å². The molecule has 0 bridgehead atoms. The van der Waals surface area contributed by atoms with Gasteiger partial charge in [-0.2, -0.15) is 4.98 Å². The number of rotatable bonds is 6. The first-order chi connectivity index (χ1) is 15.8. The Morgan fingerprint density at radius 1 is 1.24 bits per heavy atom. The molecule has 3 heterocycles. The number of nitrogens with one attached hydrogen (secondary N) is 1. The van der Waals surface area contributed by atoms with Gasteiger partial charge in [0.15, 0.2) is 0 Å². The van der Waals surface area contributed by atoms with Gasteiger partial charge in [0.2, 0.25) is 5.95 Å². The number of amides is 2. The fourth-order valence-electron chi connectivity index (χ4n) is 4.27. The van der Waals surface area contributed by atoms with Crippen LogP contribution in [-0.2, 0) is 5.54 Å². The lowest BCUT2D eigenvalue weighted by molar-refractivity contribution is 0.229. The van der Waals surface area contributed by atoms with Gasteiger partial charge in [0.25, 0.3) is 0 Å². The van der Waals surface area contributed by atoms with Gasteiger partial charge in [-0.15, -0.1) is 0 Å². The highest BCUT2D eigenvalue weighted by molar-refractivity contribution is 6.30. The summed E-state index contributed by atoms with van der Waals surface area (Å²) in [5.74, 6) is 0.911. The number of urea groups is 1. The van der Waals surface area contributed by atoms with Crippen molar-refractivity contribution >= 4 is 29.4 Å². The molecule has 1 atom stereocenters. The molecule has 172 valence electrons. The molecule has 1 N–H and O–H groups in total. The molecule has 5 rings (SSSR count). The molecule has 8 nitrogen and oxygen atoms in total. The molecule has 2 aromatic heterocycles. The van der Waals surface area contributed by atoms with E-state index in [0.717, 1.165) is 18.5 Å². The first kappa shape index (κ1) is 21.6. The molecule has 0 unspecified atom stereocenters. The Hall–Kier alpha value is -3.20. The zero-order valence-corrected chi connectivity index (χ0v) is 19.4. The van der Waals surface area contributed by atoms with Crippen molar-refractivity contribution < 1.29 is 9.18 Å². The number of hydrogen-bond donors (Lipinski definition) is 1. The number of imidazole rings is 1. The second kappa shape index (κ2) is 7.98. The molecule has 33 heavy (non-hydrogen) atoms. The monoisotopic (exact) mass is 469 g/mol. The van der Waals surface area contributed by atoms with Crippen LogP contribution in [0.5, 0.6) is 0 Å². The highest BCUT2D eigenvalue weighted by Gasteiger charge is 2.47. The SMILES string of the molecule is CC(C)[C@H]1CN(C)C(=O)N1c1ccnc(NC2(c3cn(-c4cc(F)cc(Cl)c4)cn3)CC2)n1. The largest absolute Gasteiger partial charge is 0.343 e. The molecule has 0 spiro atoms. The number of carbonyl (C=O) groups excluding carboxylic acids is 1. The molecule has 1 saturated heterocycles. The molecule has 3 aromatic rings. The van der Waals surface area contributed by atoms with Crippen molar-refractivity contribution in [1.82, 2.24) is 24.4 Å².